The summed E-state index contributed by atoms with van der Waals surface area (Å²) in [6, 6.07) is 0.438. The molecule has 0 aromatic carbocycles. The van der Waals surface area contributed by atoms with Crippen molar-refractivity contribution in [2.45, 2.75) is 32.2 Å². The van der Waals surface area contributed by atoms with Gasteiger partial charge in [-0.25, -0.2) is 4.98 Å². The summed E-state index contributed by atoms with van der Waals surface area (Å²) < 4.78 is 1.88. The molecule has 1 saturated carbocycles. The van der Waals surface area contributed by atoms with Crippen molar-refractivity contribution in [3.63, 3.8) is 0 Å². The highest BCUT2D eigenvalue weighted by Crippen LogP contribution is 2.37. The number of fused-ring (bicyclic) bond motifs is 2. The van der Waals surface area contributed by atoms with Crippen molar-refractivity contribution in [2.24, 2.45) is 11.8 Å². The Labute approximate surface area is 127 Å². The highest BCUT2D eigenvalue weighted by molar-refractivity contribution is 7.15. The monoisotopic (exact) mass is 304 g/mol. The van der Waals surface area contributed by atoms with Crippen LogP contribution in [0.2, 0.25) is 0 Å². The Bertz CT molecular complexity index is 676. The van der Waals surface area contributed by atoms with E-state index in [1.165, 1.54) is 19.3 Å². The molecule has 2 aliphatic rings. The van der Waals surface area contributed by atoms with E-state index >= 15 is 0 Å². The molecule has 2 aromatic heterocycles. The van der Waals surface area contributed by atoms with Crippen molar-refractivity contribution in [3.05, 3.63) is 23.0 Å². The molecule has 3 heterocycles. The maximum atomic E-state index is 12.5. The van der Waals surface area contributed by atoms with Gasteiger partial charge in [0.2, 0.25) is 0 Å². The average Bonchev–Trinajstić information content (AvgIpc) is 3.15. The fraction of sp³-hybridized carbons (Fsp3) is 0.600. The fourth-order valence-corrected chi connectivity index (χ4v) is 4.74. The minimum Gasteiger partial charge on any atom is -0.349 e. The van der Waals surface area contributed by atoms with Gasteiger partial charge in [-0.2, -0.15) is 0 Å². The largest absolute Gasteiger partial charge is 0.349 e. The molecule has 1 amide bonds. The summed E-state index contributed by atoms with van der Waals surface area (Å²) in [5.74, 6) is 1.56. The highest BCUT2D eigenvalue weighted by atomic mass is 32.1. The van der Waals surface area contributed by atoms with Crippen LogP contribution in [0.5, 0.6) is 0 Å². The lowest BCUT2D eigenvalue weighted by atomic mass is 9.94. The third kappa shape index (κ3) is 2.17. The number of amides is 1. The molecule has 6 heteroatoms. The van der Waals surface area contributed by atoms with Crippen molar-refractivity contribution in [3.8, 4) is 0 Å². The zero-order chi connectivity index (χ0) is 14.4. The number of carbonyl (C=O) groups excluding carboxylic acids is 1. The molecule has 2 unspecified atom stereocenters. The van der Waals surface area contributed by atoms with Gasteiger partial charge >= 0.3 is 0 Å². The Morgan fingerprint density at radius 2 is 2.48 bits per heavy atom. The summed E-state index contributed by atoms with van der Waals surface area (Å²) >= 11 is 1.56. The van der Waals surface area contributed by atoms with Crippen LogP contribution in [0.25, 0.3) is 4.96 Å². The van der Waals surface area contributed by atoms with Gasteiger partial charge in [0, 0.05) is 24.2 Å². The smallest absolute Gasteiger partial charge is 0.270 e. The lowest BCUT2D eigenvalue weighted by Crippen LogP contribution is -2.40. The Kier molecular flexibility index (Phi) is 3.23. The molecule has 1 aliphatic heterocycles. The third-order valence-electron chi connectivity index (χ3n) is 5.01. The normalized spacial score (nSPS) is 28.1. The molecule has 2 N–H and O–H groups in total. The van der Waals surface area contributed by atoms with E-state index in [4.69, 9.17) is 0 Å². The minimum absolute atomic E-state index is 0.0124. The molecular weight excluding hydrogens is 284 g/mol. The molecule has 2 aromatic rings. The number of aromatic nitrogens is 2. The van der Waals surface area contributed by atoms with Crippen LogP contribution in [0.1, 0.15) is 35.4 Å². The zero-order valence-electron chi connectivity index (χ0n) is 12.1. The molecule has 0 spiro atoms. The number of hydrogen-bond donors (Lipinski definition) is 2. The van der Waals surface area contributed by atoms with Gasteiger partial charge in [-0.3, -0.25) is 9.20 Å². The molecular formula is C15H20N4OS. The standard InChI is InChI=1S/C15H20N4OS/c1-9-13(19-5-6-21-15(19)18-9)14(20)17-8-12-11-4-2-3-10(11)7-16-12/h5-6,10-12,16H,2-4,7-8H2,1H3,(H,17,20)/t10?,11-,12?/m0/s1. The van der Waals surface area contributed by atoms with Gasteiger partial charge in [0.1, 0.15) is 5.69 Å². The van der Waals surface area contributed by atoms with Crippen molar-refractivity contribution in [2.75, 3.05) is 13.1 Å². The van der Waals surface area contributed by atoms with Crippen LogP contribution in [0.4, 0.5) is 0 Å². The molecule has 1 aliphatic carbocycles. The number of aryl methyl sites for hydroxylation is 1. The Morgan fingerprint density at radius 1 is 1.57 bits per heavy atom. The molecule has 0 bridgehead atoms. The van der Waals surface area contributed by atoms with Gasteiger partial charge in [0.25, 0.3) is 5.91 Å². The van der Waals surface area contributed by atoms with Gasteiger partial charge < -0.3 is 10.6 Å². The van der Waals surface area contributed by atoms with Crippen LogP contribution in [0, 0.1) is 18.8 Å². The molecule has 5 nitrogen and oxygen atoms in total. The Morgan fingerprint density at radius 3 is 3.38 bits per heavy atom. The Hall–Kier alpha value is -1.40. The fourth-order valence-electron chi connectivity index (χ4n) is 3.98. The molecule has 2 fully saturated rings. The quantitative estimate of drug-likeness (QED) is 0.909. The molecule has 21 heavy (non-hydrogen) atoms. The van der Waals surface area contributed by atoms with Gasteiger partial charge in [-0.15, -0.1) is 11.3 Å². The first-order chi connectivity index (χ1) is 10.2. The highest BCUT2D eigenvalue weighted by Gasteiger charge is 2.38. The minimum atomic E-state index is -0.0124. The molecule has 0 radical (unpaired) electrons. The van der Waals surface area contributed by atoms with Gasteiger partial charge in [0.15, 0.2) is 4.96 Å². The zero-order valence-corrected chi connectivity index (χ0v) is 12.9. The first kappa shape index (κ1) is 13.3. The van der Waals surface area contributed by atoms with Crippen LogP contribution in [-0.2, 0) is 0 Å². The SMILES string of the molecule is Cc1nc2sccn2c1C(=O)NCC1NCC2CCC[C@@H]21. The lowest BCUT2D eigenvalue weighted by molar-refractivity contribution is 0.0941. The third-order valence-corrected chi connectivity index (χ3v) is 5.77. The topological polar surface area (TPSA) is 58.4 Å². The first-order valence-electron chi connectivity index (χ1n) is 7.68. The summed E-state index contributed by atoms with van der Waals surface area (Å²) in [5.41, 5.74) is 1.48. The lowest BCUT2D eigenvalue weighted by Gasteiger charge is -2.18. The van der Waals surface area contributed by atoms with Crippen molar-refractivity contribution in [1.82, 2.24) is 20.0 Å². The predicted molar refractivity (Wildman–Crippen MR) is 82.8 cm³/mol. The van der Waals surface area contributed by atoms with Crippen molar-refractivity contribution >= 4 is 22.2 Å². The summed E-state index contributed by atoms with van der Waals surface area (Å²) in [6.45, 7) is 3.73. The van der Waals surface area contributed by atoms with Crippen molar-refractivity contribution < 1.29 is 4.79 Å². The van der Waals surface area contributed by atoms with Crippen LogP contribution in [-0.4, -0.2) is 34.4 Å². The summed E-state index contributed by atoms with van der Waals surface area (Å²) in [5, 5.41) is 8.63. The van der Waals surface area contributed by atoms with E-state index in [1.54, 1.807) is 11.3 Å². The number of nitrogens with one attached hydrogen (secondary N) is 2. The van der Waals surface area contributed by atoms with Gasteiger partial charge in [-0.05, 0) is 38.1 Å². The van der Waals surface area contributed by atoms with E-state index in [1.807, 2.05) is 22.9 Å². The Balaban J connectivity index is 1.46. The number of rotatable bonds is 3. The molecule has 4 rings (SSSR count). The van der Waals surface area contributed by atoms with E-state index < -0.39 is 0 Å². The van der Waals surface area contributed by atoms with E-state index in [2.05, 4.69) is 15.6 Å². The molecule has 1 saturated heterocycles. The molecule has 112 valence electrons. The number of carbonyl (C=O) groups is 1. The van der Waals surface area contributed by atoms with E-state index in [0.29, 0.717) is 11.7 Å². The first-order valence-corrected chi connectivity index (χ1v) is 8.56. The maximum Gasteiger partial charge on any atom is 0.270 e. The maximum absolute atomic E-state index is 12.5. The van der Waals surface area contributed by atoms with E-state index in [0.717, 1.165) is 35.6 Å². The van der Waals surface area contributed by atoms with E-state index in [-0.39, 0.29) is 5.91 Å². The predicted octanol–water partition coefficient (Wildman–Crippen LogP) is 1.82. The van der Waals surface area contributed by atoms with Crippen molar-refractivity contribution in [1.29, 1.82) is 0 Å². The number of thiazole rings is 1. The van der Waals surface area contributed by atoms with Gasteiger partial charge in [0.05, 0.1) is 5.69 Å². The summed E-state index contributed by atoms with van der Waals surface area (Å²) in [7, 11) is 0. The second-order valence-corrected chi connectivity index (χ2v) is 7.05. The summed E-state index contributed by atoms with van der Waals surface area (Å²) in [6.07, 6.45) is 5.91. The molecule has 3 atom stereocenters. The van der Waals surface area contributed by atoms with Gasteiger partial charge in [-0.1, -0.05) is 6.42 Å². The van der Waals surface area contributed by atoms with Crippen LogP contribution in [0.3, 0.4) is 0 Å². The summed E-state index contributed by atoms with van der Waals surface area (Å²) in [4.78, 5) is 17.8. The second kappa shape index (κ2) is 5.10. The number of imidazole rings is 1. The van der Waals surface area contributed by atoms with Crippen LogP contribution >= 0.6 is 11.3 Å². The second-order valence-electron chi connectivity index (χ2n) is 6.18. The average molecular weight is 304 g/mol. The van der Waals surface area contributed by atoms with Crippen LogP contribution in [0.15, 0.2) is 11.6 Å². The number of hydrogen-bond acceptors (Lipinski definition) is 4. The number of nitrogens with zero attached hydrogens (tertiary/aromatic N) is 2. The van der Waals surface area contributed by atoms with Crippen LogP contribution < -0.4 is 10.6 Å². The van der Waals surface area contributed by atoms with E-state index in [9.17, 15) is 4.79 Å².